The van der Waals surface area contributed by atoms with Gasteiger partial charge in [-0.05, 0) is 45.2 Å². The average Bonchev–Trinajstić information content (AvgIpc) is 2.73. The first kappa shape index (κ1) is 14.2. The molecule has 2 rings (SSSR count). The topological polar surface area (TPSA) is 67.4 Å². The summed E-state index contributed by atoms with van der Waals surface area (Å²) >= 11 is 0. The zero-order valence-electron chi connectivity index (χ0n) is 11.0. The molecule has 0 radical (unpaired) electrons. The summed E-state index contributed by atoms with van der Waals surface area (Å²) in [6.45, 7) is 5.12. The molecule has 0 amide bonds. The fraction of sp³-hybridized carbons (Fsp3) is 1.00. The van der Waals surface area contributed by atoms with Crippen molar-refractivity contribution < 1.29 is 13.2 Å². The lowest BCUT2D eigenvalue weighted by Gasteiger charge is -2.23. The molecule has 0 bridgehead atoms. The van der Waals surface area contributed by atoms with Gasteiger partial charge in [0.2, 0.25) is 10.0 Å². The first-order valence-corrected chi connectivity index (χ1v) is 8.52. The summed E-state index contributed by atoms with van der Waals surface area (Å²) in [7, 11) is -3.14. The smallest absolute Gasteiger partial charge is 0.211 e. The zero-order chi connectivity index (χ0) is 13.0. The minimum Gasteiger partial charge on any atom is -0.378 e. The Morgan fingerprint density at radius 1 is 1.39 bits per heavy atom. The summed E-state index contributed by atoms with van der Waals surface area (Å²) in [5.74, 6) is 0.833. The van der Waals surface area contributed by atoms with E-state index in [0.29, 0.717) is 12.5 Å². The van der Waals surface area contributed by atoms with E-state index in [-0.39, 0.29) is 17.8 Å². The third-order valence-electron chi connectivity index (χ3n) is 3.95. The molecule has 5 nitrogen and oxygen atoms in total. The zero-order valence-corrected chi connectivity index (χ0v) is 11.8. The van der Waals surface area contributed by atoms with E-state index < -0.39 is 10.0 Å². The lowest BCUT2D eigenvalue weighted by Crippen LogP contribution is -2.39. The summed E-state index contributed by atoms with van der Waals surface area (Å²) in [5, 5.41) is 3.25. The van der Waals surface area contributed by atoms with Gasteiger partial charge in [-0.3, -0.25) is 0 Å². The highest BCUT2D eigenvalue weighted by molar-refractivity contribution is 7.89. The second kappa shape index (κ2) is 6.32. The predicted molar refractivity (Wildman–Crippen MR) is 70.9 cm³/mol. The van der Waals surface area contributed by atoms with Gasteiger partial charge in [-0.25, -0.2) is 13.1 Å². The molecule has 3 unspecified atom stereocenters. The van der Waals surface area contributed by atoms with Crippen LogP contribution < -0.4 is 10.0 Å². The SMILES string of the molecule is CC1OCCC1CNS(=O)(=O)CC1CCCNC1. The largest absolute Gasteiger partial charge is 0.378 e. The van der Waals surface area contributed by atoms with Crippen LogP contribution in [0.4, 0.5) is 0 Å². The van der Waals surface area contributed by atoms with E-state index >= 15 is 0 Å². The van der Waals surface area contributed by atoms with Gasteiger partial charge < -0.3 is 10.1 Å². The summed E-state index contributed by atoms with van der Waals surface area (Å²) < 4.78 is 32.1. The van der Waals surface area contributed by atoms with Gasteiger partial charge >= 0.3 is 0 Å². The minimum absolute atomic E-state index is 0.170. The van der Waals surface area contributed by atoms with E-state index in [1.54, 1.807) is 0 Å². The number of ether oxygens (including phenoxy) is 1. The first-order chi connectivity index (χ1) is 8.57. The fourth-order valence-electron chi connectivity index (χ4n) is 2.71. The maximum absolute atomic E-state index is 12.0. The molecule has 0 aliphatic carbocycles. The normalized spacial score (nSPS) is 33.7. The van der Waals surface area contributed by atoms with Crippen LogP contribution in [0, 0.1) is 11.8 Å². The highest BCUT2D eigenvalue weighted by Gasteiger charge is 2.27. The average molecular weight is 276 g/mol. The van der Waals surface area contributed by atoms with Crippen molar-refractivity contribution in [3.8, 4) is 0 Å². The Kier molecular flexibility index (Phi) is 5.00. The Bertz CT molecular complexity index is 352. The Balaban J connectivity index is 1.76. The van der Waals surface area contributed by atoms with Crippen molar-refractivity contribution in [2.75, 3.05) is 32.0 Å². The van der Waals surface area contributed by atoms with Crippen LogP contribution in [0.25, 0.3) is 0 Å². The van der Waals surface area contributed by atoms with Gasteiger partial charge in [0, 0.05) is 19.1 Å². The lowest BCUT2D eigenvalue weighted by molar-refractivity contribution is 0.107. The highest BCUT2D eigenvalue weighted by atomic mass is 32.2. The molecular formula is C12H24N2O3S. The quantitative estimate of drug-likeness (QED) is 0.759. The Hall–Kier alpha value is -0.170. The van der Waals surface area contributed by atoms with Crippen LogP contribution in [0.1, 0.15) is 26.2 Å². The monoisotopic (exact) mass is 276 g/mol. The Labute approximate surface area is 110 Å². The molecule has 0 aromatic rings. The molecule has 3 atom stereocenters. The van der Waals surface area contributed by atoms with Crippen molar-refractivity contribution in [1.82, 2.24) is 10.0 Å². The number of nitrogens with one attached hydrogen (secondary N) is 2. The summed E-state index contributed by atoms with van der Waals surface area (Å²) in [6.07, 6.45) is 3.21. The van der Waals surface area contributed by atoms with Gasteiger partial charge in [-0.2, -0.15) is 0 Å². The summed E-state index contributed by atoms with van der Waals surface area (Å²) in [6, 6.07) is 0. The van der Waals surface area contributed by atoms with Gasteiger partial charge in [0.1, 0.15) is 0 Å². The Morgan fingerprint density at radius 2 is 2.22 bits per heavy atom. The second-order valence-corrected chi connectivity index (χ2v) is 7.32. The lowest BCUT2D eigenvalue weighted by atomic mass is 10.0. The van der Waals surface area contributed by atoms with Crippen LogP contribution in [0.3, 0.4) is 0 Å². The summed E-state index contributed by atoms with van der Waals surface area (Å²) in [5.41, 5.74) is 0. The molecule has 6 heteroatoms. The third-order valence-corrected chi connectivity index (χ3v) is 5.47. The summed E-state index contributed by atoms with van der Waals surface area (Å²) in [4.78, 5) is 0. The molecule has 0 spiro atoms. The van der Waals surface area contributed by atoms with E-state index in [1.807, 2.05) is 6.92 Å². The van der Waals surface area contributed by atoms with Crippen molar-refractivity contribution in [1.29, 1.82) is 0 Å². The first-order valence-electron chi connectivity index (χ1n) is 6.86. The van der Waals surface area contributed by atoms with Crippen LogP contribution in [-0.2, 0) is 14.8 Å². The van der Waals surface area contributed by atoms with E-state index in [0.717, 1.165) is 39.0 Å². The van der Waals surface area contributed by atoms with Gasteiger partial charge in [0.15, 0.2) is 0 Å². The number of hydrogen-bond donors (Lipinski definition) is 2. The molecule has 2 N–H and O–H groups in total. The number of hydrogen-bond acceptors (Lipinski definition) is 4. The van der Waals surface area contributed by atoms with Crippen molar-refractivity contribution in [2.24, 2.45) is 11.8 Å². The number of rotatable bonds is 5. The molecule has 0 aromatic heterocycles. The minimum atomic E-state index is -3.14. The molecule has 2 aliphatic heterocycles. The molecular weight excluding hydrogens is 252 g/mol. The van der Waals surface area contributed by atoms with Crippen molar-refractivity contribution in [3.63, 3.8) is 0 Å². The standard InChI is InChI=1S/C12H24N2O3S/c1-10-12(4-6-17-10)8-14-18(15,16)9-11-3-2-5-13-7-11/h10-14H,2-9H2,1H3. The van der Waals surface area contributed by atoms with Crippen molar-refractivity contribution >= 4 is 10.0 Å². The van der Waals surface area contributed by atoms with Gasteiger partial charge in [0.25, 0.3) is 0 Å². The molecule has 18 heavy (non-hydrogen) atoms. The Morgan fingerprint density at radius 3 is 2.83 bits per heavy atom. The second-order valence-electron chi connectivity index (χ2n) is 5.47. The van der Waals surface area contributed by atoms with E-state index in [4.69, 9.17) is 4.74 Å². The van der Waals surface area contributed by atoms with Gasteiger partial charge in [-0.1, -0.05) is 0 Å². The highest BCUT2D eigenvalue weighted by Crippen LogP contribution is 2.20. The molecule has 2 aliphatic rings. The number of sulfonamides is 1. The van der Waals surface area contributed by atoms with Crippen LogP contribution in [0.5, 0.6) is 0 Å². The fourth-order valence-corrected chi connectivity index (χ4v) is 4.20. The van der Waals surface area contributed by atoms with Crippen LogP contribution in [0.15, 0.2) is 0 Å². The maximum Gasteiger partial charge on any atom is 0.211 e. The van der Waals surface area contributed by atoms with E-state index in [1.165, 1.54) is 0 Å². The molecule has 106 valence electrons. The molecule has 0 saturated carbocycles. The van der Waals surface area contributed by atoms with E-state index in [2.05, 4.69) is 10.0 Å². The maximum atomic E-state index is 12.0. The van der Waals surface area contributed by atoms with E-state index in [9.17, 15) is 8.42 Å². The third kappa shape index (κ3) is 4.19. The van der Waals surface area contributed by atoms with Crippen molar-refractivity contribution in [3.05, 3.63) is 0 Å². The van der Waals surface area contributed by atoms with Crippen LogP contribution in [0.2, 0.25) is 0 Å². The number of piperidine rings is 1. The molecule has 2 saturated heterocycles. The predicted octanol–water partition coefficient (Wildman–Crippen LogP) is 0.330. The molecule has 2 heterocycles. The van der Waals surface area contributed by atoms with Gasteiger partial charge in [0.05, 0.1) is 11.9 Å². The molecule has 0 aromatic carbocycles. The molecule has 2 fully saturated rings. The van der Waals surface area contributed by atoms with Crippen molar-refractivity contribution in [2.45, 2.75) is 32.3 Å². The van der Waals surface area contributed by atoms with Gasteiger partial charge in [-0.15, -0.1) is 0 Å². The van der Waals surface area contributed by atoms with Crippen LogP contribution >= 0.6 is 0 Å². The van der Waals surface area contributed by atoms with Crippen LogP contribution in [-0.4, -0.2) is 46.5 Å².